The lowest BCUT2D eigenvalue weighted by Crippen LogP contribution is -2.10. The summed E-state index contributed by atoms with van der Waals surface area (Å²) in [6.07, 6.45) is 2.14. The highest BCUT2D eigenvalue weighted by atomic mass is 79.9. The molecule has 0 aromatic heterocycles. The molecule has 0 saturated heterocycles. The van der Waals surface area contributed by atoms with Crippen LogP contribution in [-0.4, -0.2) is 9.04 Å². The highest BCUT2D eigenvalue weighted by Gasteiger charge is 2.13. The Morgan fingerprint density at radius 1 is 0.957 bits per heavy atom. The average Bonchev–Trinajstić information content (AvgIpc) is 2.46. The second kappa shape index (κ2) is 7.50. The molecule has 0 spiro atoms. The number of hydrogen-bond donors (Lipinski definition) is 0. The average molecular weight is 389 g/mol. The van der Waals surface area contributed by atoms with Gasteiger partial charge in [0.1, 0.15) is 5.76 Å². The molecule has 0 N–H and O–H groups in total. The van der Waals surface area contributed by atoms with Gasteiger partial charge < -0.3 is 4.43 Å². The number of halogens is 1. The van der Waals surface area contributed by atoms with Gasteiger partial charge in [0.2, 0.25) is 9.04 Å². The fraction of sp³-hybridized carbons (Fsp3) is 0.300. The molecule has 0 saturated carbocycles. The van der Waals surface area contributed by atoms with Crippen LogP contribution in [0.1, 0.15) is 37.5 Å². The lowest BCUT2D eigenvalue weighted by molar-refractivity contribution is 0.540. The van der Waals surface area contributed by atoms with E-state index in [-0.39, 0.29) is 5.41 Å². The Morgan fingerprint density at radius 2 is 1.52 bits per heavy atom. The van der Waals surface area contributed by atoms with Crippen LogP contribution in [0, 0.1) is 0 Å². The van der Waals surface area contributed by atoms with Crippen molar-refractivity contribution >= 4 is 36.8 Å². The molecule has 0 heterocycles. The van der Waals surface area contributed by atoms with Crippen LogP contribution in [0.3, 0.4) is 0 Å². The van der Waals surface area contributed by atoms with Gasteiger partial charge in [0.15, 0.2) is 0 Å². The van der Waals surface area contributed by atoms with Crippen molar-refractivity contribution in [2.24, 2.45) is 0 Å². The molecule has 0 atom stereocenters. The third kappa shape index (κ3) is 5.36. The fourth-order valence-electron chi connectivity index (χ4n) is 2.28. The van der Waals surface area contributed by atoms with Crippen molar-refractivity contribution in [2.75, 3.05) is 0 Å². The summed E-state index contributed by atoms with van der Waals surface area (Å²) in [6, 6.07) is 17.0. The van der Waals surface area contributed by atoms with Crippen molar-refractivity contribution < 1.29 is 4.43 Å². The minimum Gasteiger partial charge on any atom is -0.547 e. The first kappa shape index (κ1) is 18.0. The van der Waals surface area contributed by atoms with E-state index in [9.17, 15) is 0 Å². The van der Waals surface area contributed by atoms with Crippen molar-refractivity contribution in [3.05, 3.63) is 69.7 Å². The summed E-state index contributed by atoms with van der Waals surface area (Å²) in [5, 5.41) is 0. The van der Waals surface area contributed by atoms with Gasteiger partial charge in [-0.25, -0.2) is 0 Å². The Hall–Kier alpha value is -1.32. The number of benzene rings is 2. The molecule has 122 valence electrons. The van der Waals surface area contributed by atoms with Crippen LogP contribution < -0.4 is 0 Å². The molecular weight excluding hydrogens is 364 g/mol. The molecule has 0 fully saturated rings. The maximum Gasteiger partial charge on any atom is 0.229 e. The lowest BCUT2D eigenvalue weighted by Gasteiger charge is -2.19. The van der Waals surface area contributed by atoms with Crippen LogP contribution in [0.5, 0.6) is 0 Å². The second-order valence-electron chi connectivity index (χ2n) is 7.05. The first-order valence-electron chi connectivity index (χ1n) is 8.00. The van der Waals surface area contributed by atoms with Gasteiger partial charge in [-0.3, -0.25) is 0 Å². The van der Waals surface area contributed by atoms with E-state index in [0.29, 0.717) is 0 Å². The van der Waals surface area contributed by atoms with Gasteiger partial charge in [-0.05, 0) is 47.8 Å². The standard InChI is InChI=1S/C20H25BrOSi/c1-20(2,3)17-10-6-15(7-11-17)14-19(22-23(4)5)16-8-12-18(21)13-9-16/h6-14,23H,1-5H3. The van der Waals surface area contributed by atoms with E-state index in [1.165, 1.54) is 11.1 Å². The van der Waals surface area contributed by atoms with Gasteiger partial charge in [-0.1, -0.05) is 73.1 Å². The van der Waals surface area contributed by atoms with Crippen LogP contribution in [0.25, 0.3) is 11.8 Å². The van der Waals surface area contributed by atoms with Crippen LogP contribution in [-0.2, 0) is 9.84 Å². The smallest absolute Gasteiger partial charge is 0.229 e. The van der Waals surface area contributed by atoms with E-state index in [0.717, 1.165) is 15.8 Å². The van der Waals surface area contributed by atoms with E-state index in [2.05, 4.69) is 104 Å². The molecule has 0 radical (unpaired) electrons. The Morgan fingerprint density at radius 3 is 2.00 bits per heavy atom. The summed E-state index contributed by atoms with van der Waals surface area (Å²) in [7, 11) is -1.17. The third-order valence-electron chi connectivity index (χ3n) is 3.57. The van der Waals surface area contributed by atoms with Crippen molar-refractivity contribution in [3.8, 4) is 0 Å². The largest absolute Gasteiger partial charge is 0.547 e. The Kier molecular flexibility index (Phi) is 5.87. The van der Waals surface area contributed by atoms with E-state index in [1.54, 1.807) is 0 Å². The van der Waals surface area contributed by atoms with Crippen LogP contribution in [0.15, 0.2) is 53.0 Å². The van der Waals surface area contributed by atoms with E-state index in [1.807, 2.05) is 0 Å². The summed E-state index contributed by atoms with van der Waals surface area (Å²) in [4.78, 5) is 0. The Bertz CT molecular complexity index is 664. The molecule has 0 amide bonds. The van der Waals surface area contributed by atoms with Crippen LogP contribution in [0.2, 0.25) is 13.1 Å². The molecule has 2 rings (SSSR count). The van der Waals surface area contributed by atoms with Crippen molar-refractivity contribution in [1.29, 1.82) is 0 Å². The SMILES string of the molecule is C[SiH](C)OC(=Cc1ccc(C(C)(C)C)cc1)c1ccc(Br)cc1. The third-order valence-corrected chi connectivity index (χ3v) is 4.82. The van der Waals surface area contributed by atoms with Crippen molar-refractivity contribution in [2.45, 2.75) is 39.3 Å². The topological polar surface area (TPSA) is 9.23 Å². The minimum atomic E-state index is -1.17. The zero-order valence-electron chi connectivity index (χ0n) is 14.6. The molecular formula is C20H25BrOSi. The molecule has 1 nitrogen and oxygen atoms in total. The summed E-state index contributed by atoms with van der Waals surface area (Å²) >= 11 is 3.49. The summed E-state index contributed by atoms with van der Waals surface area (Å²) < 4.78 is 7.24. The van der Waals surface area contributed by atoms with Gasteiger partial charge in [0.05, 0.1) is 0 Å². The lowest BCUT2D eigenvalue weighted by atomic mass is 9.86. The van der Waals surface area contributed by atoms with E-state index in [4.69, 9.17) is 4.43 Å². The molecule has 0 bridgehead atoms. The summed E-state index contributed by atoms with van der Waals surface area (Å²) in [5.41, 5.74) is 3.82. The minimum absolute atomic E-state index is 0.179. The highest BCUT2D eigenvalue weighted by Crippen LogP contribution is 2.25. The monoisotopic (exact) mass is 388 g/mol. The maximum atomic E-state index is 6.16. The predicted octanol–water partition coefficient (Wildman–Crippen LogP) is 6.24. The molecule has 0 unspecified atom stereocenters. The molecule has 0 aliphatic heterocycles. The van der Waals surface area contributed by atoms with E-state index >= 15 is 0 Å². The predicted molar refractivity (Wildman–Crippen MR) is 107 cm³/mol. The summed E-state index contributed by atoms with van der Waals surface area (Å²) in [6.45, 7) is 11.1. The van der Waals surface area contributed by atoms with Gasteiger partial charge in [0, 0.05) is 10.0 Å². The second-order valence-corrected chi connectivity index (χ2v) is 10.3. The fourth-order valence-corrected chi connectivity index (χ4v) is 3.26. The maximum absolute atomic E-state index is 6.16. The zero-order chi connectivity index (χ0) is 17.0. The van der Waals surface area contributed by atoms with E-state index < -0.39 is 9.04 Å². The molecule has 3 heteroatoms. The van der Waals surface area contributed by atoms with Gasteiger partial charge in [-0.2, -0.15) is 0 Å². The normalized spacial score (nSPS) is 12.6. The van der Waals surface area contributed by atoms with Crippen LogP contribution >= 0.6 is 15.9 Å². The summed E-state index contributed by atoms with van der Waals surface area (Å²) in [5.74, 6) is 0.961. The quantitative estimate of drug-likeness (QED) is 0.341. The molecule has 0 aliphatic carbocycles. The van der Waals surface area contributed by atoms with Gasteiger partial charge in [0.25, 0.3) is 0 Å². The number of hydrogen-bond acceptors (Lipinski definition) is 1. The number of rotatable bonds is 4. The molecule has 23 heavy (non-hydrogen) atoms. The molecule has 2 aromatic rings. The Balaban J connectivity index is 2.35. The van der Waals surface area contributed by atoms with Crippen LogP contribution in [0.4, 0.5) is 0 Å². The Labute approximate surface area is 150 Å². The highest BCUT2D eigenvalue weighted by molar-refractivity contribution is 9.10. The van der Waals surface area contributed by atoms with Gasteiger partial charge in [-0.15, -0.1) is 0 Å². The first-order chi connectivity index (χ1) is 10.8. The zero-order valence-corrected chi connectivity index (χ0v) is 17.3. The first-order valence-corrected chi connectivity index (χ1v) is 11.6. The molecule has 0 aliphatic rings. The van der Waals surface area contributed by atoms with Crippen molar-refractivity contribution in [3.63, 3.8) is 0 Å². The molecule has 2 aromatic carbocycles. The van der Waals surface area contributed by atoms with Gasteiger partial charge >= 0.3 is 0 Å². The van der Waals surface area contributed by atoms with Crippen molar-refractivity contribution in [1.82, 2.24) is 0 Å².